The second-order valence-electron chi connectivity index (χ2n) is 23.9. The molecular formula is C52H76O10. The van der Waals surface area contributed by atoms with Gasteiger partial charge < -0.3 is 20.4 Å². The number of carbonyl (C=O) groups is 6. The van der Waals surface area contributed by atoms with Crippen molar-refractivity contribution in [3.05, 3.63) is 46.0 Å². The molecule has 344 valence electrons. The van der Waals surface area contributed by atoms with Crippen molar-refractivity contribution in [2.75, 3.05) is 0 Å². The zero-order valence-corrected chi connectivity index (χ0v) is 40.5. The van der Waals surface area contributed by atoms with E-state index in [1.807, 2.05) is 95.2 Å². The van der Waals surface area contributed by atoms with E-state index in [1.165, 1.54) is 0 Å². The molecule has 8 atom stereocenters. The van der Waals surface area contributed by atoms with Gasteiger partial charge in [0.2, 0.25) is 0 Å². The fraction of sp³-hybridized carbons (Fsp3) is 0.731. The molecule has 0 saturated heterocycles. The molecule has 10 heteroatoms. The van der Waals surface area contributed by atoms with Gasteiger partial charge in [0.15, 0.2) is 34.7 Å². The average molecular weight is 861 g/mol. The van der Waals surface area contributed by atoms with Crippen LogP contribution in [0.5, 0.6) is 0 Å². The monoisotopic (exact) mass is 861 g/mol. The summed E-state index contributed by atoms with van der Waals surface area (Å²) in [7, 11) is 0. The van der Waals surface area contributed by atoms with Gasteiger partial charge in [0.25, 0.3) is 0 Å². The molecule has 0 aliphatic heterocycles. The molecule has 0 heterocycles. The summed E-state index contributed by atoms with van der Waals surface area (Å²) in [5.74, 6) is -4.12. The SMILES string of the molecule is CC(C)=CCC12CC3C(C)(C)[C@@H](C(C)(C)O)C[C@]3(C(=O)C(C(=O)CC(C)C)=C1O)C2=O.CC(C)=CCC12C[C@H]3C(C)(C)C(C(C)(C)O)C[C@@]3(C(=O)C(C(=O)CC(C)C)=C1O)C2=O. The zero-order valence-electron chi connectivity index (χ0n) is 40.5. The van der Waals surface area contributed by atoms with Gasteiger partial charge in [-0.05, 0) is 140 Å². The number of Topliss-reactive ketones (excluding diaryl/α,β-unsaturated/α-hetero) is 6. The van der Waals surface area contributed by atoms with Crippen LogP contribution in [0.25, 0.3) is 0 Å². The molecule has 4 unspecified atom stereocenters. The second kappa shape index (κ2) is 15.6. The molecule has 0 aromatic rings. The summed E-state index contributed by atoms with van der Waals surface area (Å²) in [6.45, 7) is 30.3. The van der Waals surface area contributed by atoms with Crippen LogP contribution in [0.2, 0.25) is 0 Å². The summed E-state index contributed by atoms with van der Waals surface area (Å²) in [6, 6.07) is 0. The van der Waals surface area contributed by atoms with E-state index in [9.17, 15) is 49.2 Å². The number of carbonyl (C=O) groups excluding carboxylic acids is 6. The third-order valence-corrected chi connectivity index (χ3v) is 16.4. The highest BCUT2D eigenvalue weighted by atomic mass is 16.3. The van der Waals surface area contributed by atoms with Crippen molar-refractivity contribution >= 4 is 34.7 Å². The molecule has 6 rings (SSSR count). The Labute approximate surface area is 370 Å². The first kappa shape index (κ1) is 49.5. The van der Waals surface area contributed by atoms with E-state index in [0.29, 0.717) is 12.8 Å². The molecule has 6 aliphatic carbocycles. The molecule has 4 bridgehead atoms. The highest BCUT2D eigenvalue weighted by molar-refractivity contribution is 6.33. The van der Waals surface area contributed by atoms with Crippen LogP contribution in [0, 0.1) is 68.0 Å². The molecule has 0 amide bonds. The first-order valence-corrected chi connectivity index (χ1v) is 22.9. The van der Waals surface area contributed by atoms with E-state index in [-0.39, 0.29) is 120 Å². The maximum Gasteiger partial charge on any atom is 0.183 e. The minimum absolute atomic E-state index is 0.0297. The Hall–Kier alpha value is -3.50. The van der Waals surface area contributed by atoms with Gasteiger partial charge in [-0.25, -0.2) is 0 Å². The molecule has 2 spiro atoms. The number of aliphatic hydroxyl groups excluding tert-OH is 2. The standard InChI is InChI=1S/2C26H38O5/c2*1-14(2)9-10-25-12-18-23(5,6)17(24(7,8)31)13-26(18,22(25)30)21(29)19(20(25)28)16(27)11-15(3)4/h2*9,15,17-18,28,31H,10-13H2,1-8H3/t17?,18-,25?,26+;17-,18?,25?,26-/m00/s1. The number of rotatable bonds is 12. The summed E-state index contributed by atoms with van der Waals surface area (Å²) >= 11 is 0. The summed E-state index contributed by atoms with van der Waals surface area (Å²) in [5.41, 5.74) is -6.62. The lowest BCUT2D eigenvalue weighted by molar-refractivity contribution is -0.147. The first-order chi connectivity index (χ1) is 28.1. The van der Waals surface area contributed by atoms with Crippen LogP contribution in [-0.4, -0.2) is 66.3 Å². The Morgan fingerprint density at radius 1 is 0.597 bits per heavy atom. The van der Waals surface area contributed by atoms with Crippen molar-refractivity contribution in [3.8, 4) is 0 Å². The molecule has 4 saturated carbocycles. The highest BCUT2D eigenvalue weighted by Crippen LogP contribution is 2.75. The quantitative estimate of drug-likeness (QED) is 0.0838. The Balaban J connectivity index is 0.000000234. The second-order valence-corrected chi connectivity index (χ2v) is 23.9. The van der Waals surface area contributed by atoms with Crippen LogP contribution >= 0.6 is 0 Å². The minimum atomic E-state index is -1.35. The van der Waals surface area contributed by atoms with E-state index in [4.69, 9.17) is 0 Å². The molecular weight excluding hydrogens is 785 g/mol. The number of fused-ring (bicyclic) bond motifs is 2. The van der Waals surface area contributed by atoms with Crippen molar-refractivity contribution in [1.82, 2.24) is 0 Å². The summed E-state index contributed by atoms with van der Waals surface area (Å²) in [5, 5.41) is 44.5. The first-order valence-electron chi connectivity index (χ1n) is 22.9. The topological polar surface area (TPSA) is 183 Å². The lowest BCUT2D eigenvalue weighted by Gasteiger charge is -2.41. The van der Waals surface area contributed by atoms with Gasteiger partial charge in [-0.2, -0.15) is 0 Å². The van der Waals surface area contributed by atoms with Gasteiger partial charge in [-0.15, -0.1) is 0 Å². The van der Waals surface area contributed by atoms with Gasteiger partial charge >= 0.3 is 0 Å². The van der Waals surface area contributed by atoms with Crippen LogP contribution in [-0.2, 0) is 28.8 Å². The van der Waals surface area contributed by atoms with Crippen molar-refractivity contribution in [2.45, 2.75) is 173 Å². The summed E-state index contributed by atoms with van der Waals surface area (Å²) in [4.78, 5) is 82.2. The van der Waals surface area contributed by atoms with E-state index >= 15 is 0 Å². The largest absolute Gasteiger partial charge is 0.510 e. The van der Waals surface area contributed by atoms with E-state index in [1.54, 1.807) is 27.7 Å². The molecule has 4 fully saturated rings. The number of aliphatic hydroxyl groups is 4. The molecule has 0 radical (unpaired) electrons. The Kier molecular flexibility index (Phi) is 12.5. The number of allylic oxidation sites excluding steroid dienone is 8. The van der Waals surface area contributed by atoms with Crippen LogP contribution in [0.3, 0.4) is 0 Å². The van der Waals surface area contributed by atoms with Crippen molar-refractivity contribution in [3.63, 3.8) is 0 Å². The lowest BCUT2D eigenvalue weighted by Crippen LogP contribution is -2.50. The van der Waals surface area contributed by atoms with Gasteiger partial charge in [-0.3, -0.25) is 28.8 Å². The average Bonchev–Trinajstić information content (AvgIpc) is 3.67. The molecule has 6 aliphatic rings. The minimum Gasteiger partial charge on any atom is -0.510 e. The van der Waals surface area contributed by atoms with E-state index in [0.717, 1.165) is 11.1 Å². The summed E-state index contributed by atoms with van der Waals surface area (Å²) < 4.78 is 0. The van der Waals surface area contributed by atoms with Crippen LogP contribution in [0.4, 0.5) is 0 Å². The van der Waals surface area contributed by atoms with Crippen molar-refractivity contribution in [2.24, 2.45) is 68.0 Å². The lowest BCUT2D eigenvalue weighted by atomic mass is 9.62. The van der Waals surface area contributed by atoms with Crippen LogP contribution < -0.4 is 0 Å². The zero-order chi connectivity index (χ0) is 47.5. The van der Waals surface area contributed by atoms with Gasteiger partial charge in [0.1, 0.15) is 22.7 Å². The predicted molar refractivity (Wildman–Crippen MR) is 239 cm³/mol. The maximum atomic E-state index is 14.1. The van der Waals surface area contributed by atoms with Gasteiger partial charge in [0.05, 0.1) is 32.9 Å². The van der Waals surface area contributed by atoms with Crippen LogP contribution in [0.1, 0.15) is 162 Å². The fourth-order valence-corrected chi connectivity index (χ4v) is 13.7. The molecule has 4 N–H and O–H groups in total. The Morgan fingerprint density at radius 3 is 1.13 bits per heavy atom. The molecule has 62 heavy (non-hydrogen) atoms. The van der Waals surface area contributed by atoms with Gasteiger partial charge in [0, 0.05) is 12.8 Å². The molecule has 10 nitrogen and oxygen atoms in total. The number of hydrogen-bond donors (Lipinski definition) is 4. The number of ketones is 6. The van der Waals surface area contributed by atoms with E-state index < -0.39 is 55.3 Å². The normalized spacial score (nSPS) is 34.4. The predicted octanol–water partition coefficient (Wildman–Crippen LogP) is 9.46. The van der Waals surface area contributed by atoms with Crippen LogP contribution in [0.15, 0.2) is 46.0 Å². The van der Waals surface area contributed by atoms with Gasteiger partial charge in [-0.1, -0.05) is 78.7 Å². The molecule has 0 aromatic carbocycles. The Bertz CT molecular complexity index is 1930. The van der Waals surface area contributed by atoms with Crippen molar-refractivity contribution in [1.29, 1.82) is 0 Å². The number of hydrogen-bond acceptors (Lipinski definition) is 10. The smallest absolute Gasteiger partial charge is 0.183 e. The maximum absolute atomic E-state index is 14.1. The van der Waals surface area contributed by atoms with Crippen molar-refractivity contribution < 1.29 is 49.2 Å². The Morgan fingerprint density at radius 2 is 0.887 bits per heavy atom. The van der Waals surface area contributed by atoms with E-state index in [2.05, 4.69) is 0 Å². The molecule has 0 aromatic heterocycles. The third kappa shape index (κ3) is 7.11. The summed E-state index contributed by atoms with van der Waals surface area (Å²) in [6.07, 6.45) is 5.79. The highest BCUT2D eigenvalue weighted by Gasteiger charge is 2.80. The third-order valence-electron chi connectivity index (χ3n) is 16.4. The fourth-order valence-electron chi connectivity index (χ4n) is 13.7.